The van der Waals surface area contributed by atoms with Crippen molar-refractivity contribution in [1.29, 1.82) is 0 Å². The van der Waals surface area contributed by atoms with Crippen molar-refractivity contribution in [3.05, 3.63) is 89.6 Å². The van der Waals surface area contributed by atoms with Gasteiger partial charge < -0.3 is 14.4 Å². The van der Waals surface area contributed by atoms with E-state index in [4.69, 9.17) is 14.6 Å². The van der Waals surface area contributed by atoms with E-state index in [-0.39, 0.29) is 11.3 Å². The first kappa shape index (κ1) is 22.2. The molecule has 174 valence electrons. The number of hydrogen-bond donors (Lipinski definition) is 0. The molecule has 0 fully saturated rings. The SMILES string of the molecule is COC(=O)C1=C(C(=O)OC)N(c2cccc(-c3ccc4nnc(-c5cccs5)n4n3)c2)C=CC=C1. The largest absolute Gasteiger partial charge is 0.465 e. The maximum Gasteiger partial charge on any atom is 0.355 e. The van der Waals surface area contributed by atoms with E-state index in [2.05, 4.69) is 10.2 Å². The minimum absolute atomic E-state index is 0.0451. The van der Waals surface area contributed by atoms with Crippen LogP contribution < -0.4 is 4.90 Å². The van der Waals surface area contributed by atoms with Crippen LogP contribution in [0.2, 0.25) is 0 Å². The fourth-order valence-corrected chi connectivity index (χ4v) is 4.38. The zero-order valence-corrected chi connectivity index (χ0v) is 19.6. The Morgan fingerprint density at radius 1 is 0.943 bits per heavy atom. The van der Waals surface area contributed by atoms with Crippen molar-refractivity contribution in [1.82, 2.24) is 19.8 Å². The Hall–Kier alpha value is -4.57. The number of allylic oxidation sites excluding steroid dienone is 2. The first-order chi connectivity index (χ1) is 17.1. The van der Waals surface area contributed by atoms with E-state index in [0.29, 0.717) is 22.9 Å². The molecule has 0 amide bonds. The topological polar surface area (TPSA) is 98.9 Å². The van der Waals surface area contributed by atoms with Crippen LogP contribution in [0.4, 0.5) is 5.69 Å². The smallest absolute Gasteiger partial charge is 0.355 e. The van der Waals surface area contributed by atoms with Crippen LogP contribution in [-0.2, 0) is 19.1 Å². The Balaban J connectivity index is 1.60. The maximum absolute atomic E-state index is 12.7. The van der Waals surface area contributed by atoms with Gasteiger partial charge in [-0.3, -0.25) is 0 Å². The number of carbonyl (C=O) groups is 2. The lowest BCUT2D eigenvalue weighted by Gasteiger charge is -2.23. The third-order valence-corrected chi connectivity index (χ3v) is 6.18. The molecular formula is C25H19N5O4S. The monoisotopic (exact) mass is 485 g/mol. The molecule has 0 saturated heterocycles. The predicted molar refractivity (Wildman–Crippen MR) is 131 cm³/mol. The zero-order valence-electron chi connectivity index (χ0n) is 18.8. The third-order valence-electron chi connectivity index (χ3n) is 5.31. The summed E-state index contributed by atoms with van der Waals surface area (Å²) in [5.41, 5.74) is 2.88. The Labute approximate surface area is 204 Å². The molecule has 10 heteroatoms. The lowest BCUT2D eigenvalue weighted by molar-refractivity contribution is -0.139. The van der Waals surface area contributed by atoms with E-state index in [1.165, 1.54) is 20.3 Å². The van der Waals surface area contributed by atoms with Crippen LogP contribution in [0.3, 0.4) is 0 Å². The van der Waals surface area contributed by atoms with Gasteiger partial charge in [-0.2, -0.15) is 9.61 Å². The molecule has 4 heterocycles. The highest BCUT2D eigenvalue weighted by Gasteiger charge is 2.27. The average Bonchev–Trinajstić information content (AvgIpc) is 3.52. The Bertz CT molecular complexity index is 1520. The zero-order chi connectivity index (χ0) is 24.4. The molecule has 0 N–H and O–H groups in total. The number of carbonyl (C=O) groups excluding carboxylic acids is 2. The number of nitrogens with zero attached hydrogens (tertiary/aromatic N) is 5. The molecule has 0 radical (unpaired) electrons. The van der Waals surface area contributed by atoms with Gasteiger partial charge in [0, 0.05) is 17.5 Å². The Kier molecular flexibility index (Phi) is 5.94. The number of benzene rings is 1. The predicted octanol–water partition coefficient (Wildman–Crippen LogP) is 4.01. The number of esters is 2. The van der Waals surface area contributed by atoms with E-state index in [0.717, 1.165) is 10.4 Å². The van der Waals surface area contributed by atoms with E-state index < -0.39 is 11.9 Å². The number of ether oxygens (including phenoxy) is 2. The number of methoxy groups -OCH3 is 2. The van der Waals surface area contributed by atoms with Crippen LogP contribution in [0.15, 0.2) is 89.6 Å². The van der Waals surface area contributed by atoms with Gasteiger partial charge in [-0.05, 0) is 47.9 Å². The summed E-state index contributed by atoms with van der Waals surface area (Å²) in [4.78, 5) is 27.7. The second-order valence-corrected chi connectivity index (χ2v) is 8.30. The van der Waals surface area contributed by atoms with Crippen molar-refractivity contribution in [2.24, 2.45) is 0 Å². The van der Waals surface area contributed by atoms with Gasteiger partial charge in [0.1, 0.15) is 5.70 Å². The maximum atomic E-state index is 12.7. The van der Waals surface area contributed by atoms with Crippen LogP contribution in [0.1, 0.15) is 0 Å². The Morgan fingerprint density at radius 2 is 1.80 bits per heavy atom. The van der Waals surface area contributed by atoms with E-state index in [9.17, 15) is 9.59 Å². The lowest BCUT2D eigenvalue weighted by atomic mass is 10.1. The van der Waals surface area contributed by atoms with Gasteiger partial charge in [0.25, 0.3) is 0 Å². The minimum Gasteiger partial charge on any atom is -0.465 e. The van der Waals surface area contributed by atoms with Crippen molar-refractivity contribution >= 4 is 34.6 Å². The third kappa shape index (κ3) is 4.11. The minimum atomic E-state index is -0.670. The molecule has 0 atom stereocenters. The molecule has 1 aliphatic rings. The molecule has 0 spiro atoms. The standard InChI is InChI=1S/C25H19N5O4S/c1-33-24(31)18-9-3-4-13-29(22(18)25(32)34-2)17-8-5-7-16(15-17)19-11-12-21-26-27-23(30(21)28-19)20-10-6-14-35-20/h3-15H,1-2H3. The van der Waals surface area contributed by atoms with Crippen LogP contribution in [0.5, 0.6) is 0 Å². The van der Waals surface area contributed by atoms with Crippen LogP contribution >= 0.6 is 11.3 Å². The van der Waals surface area contributed by atoms with Gasteiger partial charge in [0.2, 0.25) is 0 Å². The molecule has 5 rings (SSSR count). The van der Waals surface area contributed by atoms with E-state index in [1.807, 2.05) is 53.9 Å². The lowest BCUT2D eigenvalue weighted by Crippen LogP contribution is -2.26. The van der Waals surface area contributed by atoms with Crippen LogP contribution in [-0.4, -0.2) is 46.0 Å². The van der Waals surface area contributed by atoms with Gasteiger partial charge in [-0.15, -0.1) is 21.5 Å². The second kappa shape index (κ2) is 9.35. The summed E-state index contributed by atoms with van der Waals surface area (Å²) in [5.74, 6) is -0.655. The number of anilines is 1. The first-order valence-corrected chi connectivity index (χ1v) is 11.4. The van der Waals surface area contributed by atoms with E-state index >= 15 is 0 Å². The molecule has 3 aromatic heterocycles. The molecule has 0 saturated carbocycles. The highest BCUT2D eigenvalue weighted by molar-refractivity contribution is 7.13. The van der Waals surface area contributed by atoms with Gasteiger partial charge in [-0.25, -0.2) is 9.59 Å². The molecule has 4 aromatic rings. The quantitative estimate of drug-likeness (QED) is 0.391. The van der Waals surface area contributed by atoms with Crippen molar-refractivity contribution < 1.29 is 19.1 Å². The summed E-state index contributed by atoms with van der Waals surface area (Å²) < 4.78 is 11.6. The number of fused-ring (bicyclic) bond motifs is 1. The fourth-order valence-electron chi connectivity index (χ4n) is 3.68. The van der Waals surface area contributed by atoms with E-state index in [1.54, 1.807) is 39.1 Å². The summed E-state index contributed by atoms with van der Waals surface area (Å²) in [5, 5.41) is 15.2. The number of hydrogen-bond acceptors (Lipinski definition) is 9. The summed E-state index contributed by atoms with van der Waals surface area (Å²) in [6, 6.07) is 15.1. The first-order valence-electron chi connectivity index (χ1n) is 10.5. The molecule has 1 aromatic carbocycles. The summed E-state index contributed by atoms with van der Waals surface area (Å²) in [6.07, 6.45) is 6.59. The molecule has 0 unspecified atom stereocenters. The molecule has 1 aliphatic heterocycles. The van der Waals surface area contributed by atoms with Crippen LogP contribution in [0, 0.1) is 0 Å². The van der Waals surface area contributed by atoms with Crippen molar-refractivity contribution in [3.8, 4) is 22.0 Å². The van der Waals surface area contributed by atoms with Crippen molar-refractivity contribution in [3.63, 3.8) is 0 Å². The Morgan fingerprint density at radius 3 is 2.57 bits per heavy atom. The number of thiophene rings is 1. The molecular weight excluding hydrogens is 466 g/mol. The van der Waals surface area contributed by atoms with Crippen molar-refractivity contribution in [2.45, 2.75) is 0 Å². The molecule has 9 nitrogen and oxygen atoms in total. The summed E-state index contributed by atoms with van der Waals surface area (Å²) in [7, 11) is 2.53. The van der Waals surface area contributed by atoms with Crippen LogP contribution in [0.25, 0.3) is 27.6 Å². The molecule has 0 aliphatic carbocycles. The highest BCUT2D eigenvalue weighted by atomic mass is 32.1. The number of aromatic nitrogens is 4. The summed E-state index contributed by atoms with van der Waals surface area (Å²) >= 11 is 1.56. The van der Waals surface area contributed by atoms with Crippen molar-refractivity contribution in [2.75, 3.05) is 19.1 Å². The normalized spacial score (nSPS) is 13.3. The second-order valence-electron chi connectivity index (χ2n) is 7.36. The van der Waals surface area contributed by atoms with Gasteiger partial charge >= 0.3 is 11.9 Å². The summed E-state index contributed by atoms with van der Waals surface area (Å²) in [6.45, 7) is 0. The van der Waals surface area contributed by atoms with Gasteiger partial charge in [0.05, 0.1) is 30.4 Å². The molecule has 0 bridgehead atoms. The van der Waals surface area contributed by atoms with Gasteiger partial charge in [0.15, 0.2) is 11.5 Å². The highest BCUT2D eigenvalue weighted by Crippen LogP contribution is 2.30. The number of rotatable bonds is 5. The fraction of sp³-hybridized carbons (Fsp3) is 0.0800. The van der Waals surface area contributed by atoms with Gasteiger partial charge in [-0.1, -0.05) is 24.3 Å². The molecule has 35 heavy (non-hydrogen) atoms. The average molecular weight is 486 g/mol.